The fourth-order valence-electron chi connectivity index (χ4n) is 1.33. The van der Waals surface area contributed by atoms with Gasteiger partial charge in [-0.3, -0.25) is 0 Å². The van der Waals surface area contributed by atoms with Gasteiger partial charge in [-0.15, -0.1) is 11.6 Å². The number of hydrogen-bond donors (Lipinski definition) is 0. The van der Waals surface area contributed by atoms with E-state index in [0.717, 1.165) is 6.20 Å². The molecular weight excluding hydrogens is 252 g/mol. The van der Waals surface area contributed by atoms with Crippen molar-refractivity contribution in [2.45, 2.75) is 12.8 Å². The molecule has 2 heterocycles. The molecule has 0 saturated carbocycles. The fraction of sp³-hybridized carbons (Fsp3) is 0.200. The molecular formula is C10H8Cl2FN3. The van der Waals surface area contributed by atoms with Crippen molar-refractivity contribution >= 4 is 23.2 Å². The minimum absolute atomic E-state index is 0.163. The zero-order valence-corrected chi connectivity index (χ0v) is 9.93. The molecule has 3 nitrogen and oxygen atoms in total. The van der Waals surface area contributed by atoms with Gasteiger partial charge >= 0.3 is 0 Å². The predicted molar refractivity (Wildman–Crippen MR) is 60.6 cm³/mol. The molecule has 0 spiro atoms. The van der Waals surface area contributed by atoms with Crippen molar-refractivity contribution in [1.29, 1.82) is 0 Å². The maximum Gasteiger partial charge on any atom is 0.157 e. The Morgan fingerprint density at radius 2 is 2.25 bits per heavy atom. The van der Waals surface area contributed by atoms with Gasteiger partial charge in [-0.2, -0.15) is 5.10 Å². The predicted octanol–water partition coefficient (Wildman–Crippen LogP) is 3.11. The number of halogens is 3. The summed E-state index contributed by atoms with van der Waals surface area (Å²) in [6, 6.07) is 1.33. The number of hydrogen-bond acceptors (Lipinski definition) is 2. The summed E-state index contributed by atoms with van der Waals surface area (Å²) < 4.78 is 14.5. The highest BCUT2D eigenvalue weighted by Gasteiger charge is 2.10. The molecule has 0 aliphatic rings. The molecule has 84 valence electrons. The van der Waals surface area contributed by atoms with Gasteiger partial charge in [0.25, 0.3) is 0 Å². The number of alkyl halides is 1. The van der Waals surface area contributed by atoms with Gasteiger partial charge in [-0.25, -0.2) is 14.1 Å². The molecule has 0 N–H and O–H groups in total. The molecule has 0 amide bonds. The van der Waals surface area contributed by atoms with Crippen LogP contribution in [0, 0.1) is 12.7 Å². The average molecular weight is 260 g/mol. The molecule has 2 aromatic rings. The van der Waals surface area contributed by atoms with Gasteiger partial charge in [0, 0.05) is 5.56 Å². The van der Waals surface area contributed by atoms with Crippen LogP contribution in [0.15, 0.2) is 18.5 Å². The van der Waals surface area contributed by atoms with Crippen LogP contribution in [0.4, 0.5) is 4.39 Å². The van der Waals surface area contributed by atoms with Crippen molar-refractivity contribution in [1.82, 2.24) is 14.8 Å². The summed E-state index contributed by atoms with van der Waals surface area (Å²) in [7, 11) is 0. The molecule has 6 heteroatoms. The number of rotatable bonds is 2. The Morgan fingerprint density at radius 1 is 1.50 bits per heavy atom. The number of aromatic nitrogens is 3. The van der Waals surface area contributed by atoms with Crippen LogP contribution in [0.1, 0.15) is 11.3 Å². The van der Waals surface area contributed by atoms with E-state index in [1.807, 2.05) is 0 Å². The quantitative estimate of drug-likeness (QED) is 0.777. The summed E-state index contributed by atoms with van der Waals surface area (Å²) in [4.78, 5) is 3.96. The SMILES string of the molecule is Cc1nn(-c2ncc(F)cc2CCl)cc1Cl. The van der Waals surface area contributed by atoms with Crippen LogP contribution in [0.5, 0.6) is 0 Å². The lowest BCUT2D eigenvalue weighted by molar-refractivity contribution is 0.616. The average Bonchev–Trinajstić information content (AvgIpc) is 2.59. The monoisotopic (exact) mass is 259 g/mol. The van der Waals surface area contributed by atoms with Gasteiger partial charge < -0.3 is 0 Å². The van der Waals surface area contributed by atoms with Gasteiger partial charge in [0.05, 0.1) is 29.0 Å². The second-order valence-corrected chi connectivity index (χ2v) is 3.95. The molecule has 0 aromatic carbocycles. The molecule has 0 unspecified atom stereocenters. The second kappa shape index (κ2) is 4.39. The van der Waals surface area contributed by atoms with E-state index < -0.39 is 5.82 Å². The number of aryl methyl sites for hydroxylation is 1. The fourth-order valence-corrected chi connectivity index (χ4v) is 1.65. The van der Waals surface area contributed by atoms with Crippen molar-refractivity contribution in [3.8, 4) is 5.82 Å². The standard InChI is InChI=1S/C10H8Cl2FN3/c1-6-9(12)5-16(15-6)10-7(3-11)2-8(13)4-14-10/h2,4-5H,3H2,1H3. The molecule has 0 atom stereocenters. The Hall–Kier alpha value is -1.13. The van der Waals surface area contributed by atoms with E-state index in [0.29, 0.717) is 22.1 Å². The molecule has 0 saturated heterocycles. The van der Waals surface area contributed by atoms with E-state index >= 15 is 0 Å². The van der Waals surface area contributed by atoms with Crippen LogP contribution < -0.4 is 0 Å². The minimum Gasteiger partial charge on any atom is -0.234 e. The van der Waals surface area contributed by atoms with Crippen molar-refractivity contribution in [2.24, 2.45) is 0 Å². The van der Waals surface area contributed by atoms with E-state index in [2.05, 4.69) is 10.1 Å². The van der Waals surface area contributed by atoms with E-state index in [1.54, 1.807) is 13.1 Å². The van der Waals surface area contributed by atoms with E-state index in [1.165, 1.54) is 10.7 Å². The van der Waals surface area contributed by atoms with Crippen molar-refractivity contribution < 1.29 is 4.39 Å². The molecule has 0 fully saturated rings. The highest BCUT2D eigenvalue weighted by molar-refractivity contribution is 6.31. The Labute approximate surface area is 102 Å². The lowest BCUT2D eigenvalue weighted by atomic mass is 10.3. The zero-order chi connectivity index (χ0) is 11.7. The summed E-state index contributed by atoms with van der Waals surface area (Å²) in [5.41, 5.74) is 1.26. The van der Waals surface area contributed by atoms with Crippen LogP contribution >= 0.6 is 23.2 Å². The van der Waals surface area contributed by atoms with Crippen LogP contribution in [-0.2, 0) is 5.88 Å². The first kappa shape index (κ1) is 11.4. The molecule has 2 rings (SSSR count). The Morgan fingerprint density at radius 3 is 2.81 bits per heavy atom. The van der Waals surface area contributed by atoms with Crippen LogP contribution in [0.25, 0.3) is 5.82 Å². The smallest absolute Gasteiger partial charge is 0.157 e. The summed E-state index contributed by atoms with van der Waals surface area (Å²) >= 11 is 11.6. The first-order valence-electron chi connectivity index (χ1n) is 4.54. The molecule has 0 aliphatic carbocycles. The maximum atomic E-state index is 13.0. The van der Waals surface area contributed by atoms with Crippen molar-refractivity contribution in [3.63, 3.8) is 0 Å². The Bertz CT molecular complexity index is 505. The highest BCUT2D eigenvalue weighted by Crippen LogP contribution is 2.19. The van der Waals surface area contributed by atoms with Gasteiger partial charge in [0.2, 0.25) is 0 Å². The highest BCUT2D eigenvalue weighted by atomic mass is 35.5. The van der Waals surface area contributed by atoms with Gasteiger partial charge in [-0.1, -0.05) is 11.6 Å². The van der Waals surface area contributed by atoms with Gasteiger partial charge in [-0.05, 0) is 13.0 Å². The number of pyridine rings is 1. The van der Waals surface area contributed by atoms with Crippen LogP contribution in [-0.4, -0.2) is 14.8 Å². The molecule has 0 bridgehead atoms. The molecule has 0 radical (unpaired) electrons. The minimum atomic E-state index is -0.422. The normalized spacial score (nSPS) is 10.8. The molecule has 16 heavy (non-hydrogen) atoms. The third-order valence-corrected chi connectivity index (χ3v) is 2.77. The topological polar surface area (TPSA) is 30.7 Å². The van der Waals surface area contributed by atoms with Gasteiger partial charge in [0.1, 0.15) is 5.82 Å². The lowest BCUT2D eigenvalue weighted by Crippen LogP contribution is -2.03. The summed E-state index contributed by atoms with van der Waals surface area (Å²) in [5, 5.41) is 4.69. The van der Waals surface area contributed by atoms with Gasteiger partial charge in [0.15, 0.2) is 5.82 Å². The third-order valence-electron chi connectivity index (χ3n) is 2.11. The summed E-state index contributed by atoms with van der Waals surface area (Å²) in [5.74, 6) is 0.233. The third kappa shape index (κ3) is 2.03. The van der Waals surface area contributed by atoms with Crippen molar-refractivity contribution in [3.05, 3.63) is 40.6 Å². The largest absolute Gasteiger partial charge is 0.234 e. The Kier molecular flexibility index (Phi) is 3.12. The molecule has 0 aliphatic heterocycles. The first-order valence-corrected chi connectivity index (χ1v) is 5.45. The number of nitrogens with zero attached hydrogens (tertiary/aromatic N) is 3. The maximum absolute atomic E-state index is 13.0. The second-order valence-electron chi connectivity index (χ2n) is 3.28. The summed E-state index contributed by atoms with van der Waals surface area (Å²) in [6.45, 7) is 1.78. The molecule has 2 aromatic heterocycles. The van der Waals surface area contributed by atoms with E-state index in [4.69, 9.17) is 23.2 Å². The summed E-state index contributed by atoms with van der Waals surface area (Å²) in [6.07, 6.45) is 2.74. The van der Waals surface area contributed by atoms with Crippen molar-refractivity contribution in [2.75, 3.05) is 0 Å². The zero-order valence-electron chi connectivity index (χ0n) is 8.41. The van der Waals surface area contributed by atoms with E-state index in [-0.39, 0.29) is 5.88 Å². The lowest BCUT2D eigenvalue weighted by Gasteiger charge is -2.05. The van der Waals surface area contributed by atoms with Crippen LogP contribution in [0.2, 0.25) is 5.02 Å². The van der Waals surface area contributed by atoms with E-state index in [9.17, 15) is 4.39 Å². The first-order chi connectivity index (χ1) is 7.61. The van der Waals surface area contributed by atoms with Crippen LogP contribution in [0.3, 0.4) is 0 Å². The Balaban J connectivity index is 2.55.